The molecule has 35 heavy (non-hydrogen) atoms. The molecule has 0 spiro atoms. The fourth-order valence-corrected chi connectivity index (χ4v) is 4.32. The summed E-state index contributed by atoms with van der Waals surface area (Å²) in [6.45, 7) is 5.02. The Bertz CT molecular complexity index is 1110. The van der Waals surface area contributed by atoms with Gasteiger partial charge in [0.15, 0.2) is 11.5 Å². The van der Waals surface area contributed by atoms with Gasteiger partial charge in [-0.2, -0.15) is 0 Å². The Hall–Kier alpha value is -4.01. The normalized spacial score (nSPS) is 15.7. The molecule has 1 fully saturated rings. The van der Waals surface area contributed by atoms with Crippen LogP contribution in [-0.2, 0) is 4.79 Å². The van der Waals surface area contributed by atoms with Crippen LogP contribution in [0.1, 0.15) is 33.6 Å². The van der Waals surface area contributed by atoms with Crippen LogP contribution in [0.3, 0.4) is 0 Å². The molecule has 4 rings (SSSR count). The second kappa shape index (κ2) is 10.9. The lowest BCUT2D eigenvalue weighted by molar-refractivity contribution is -0.124. The molecule has 2 aliphatic heterocycles. The lowest BCUT2D eigenvalue weighted by Crippen LogP contribution is -2.53. The smallest absolute Gasteiger partial charge is 0.253 e. The van der Waals surface area contributed by atoms with Crippen molar-refractivity contribution >= 4 is 17.7 Å². The number of hydrogen-bond donors (Lipinski definition) is 2. The average molecular weight is 480 g/mol. The summed E-state index contributed by atoms with van der Waals surface area (Å²) in [4.78, 5) is 40.7. The molecule has 184 valence electrons. The van der Waals surface area contributed by atoms with Gasteiger partial charge in [0.25, 0.3) is 11.8 Å². The molecule has 0 saturated carbocycles. The molecule has 0 bridgehead atoms. The van der Waals surface area contributed by atoms with Crippen molar-refractivity contribution in [3.05, 3.63) is 66.2 Å². The van der Waals surface area contributed by atoms with Gasteiger partial charge in [0.05, 0.1) is 7.11 Å². The van der Waals surface area contributed by atoms with Crippen LogP contribution in [0.25, 0.3) is 0 Å². The summed E-state index contributed by atoms with van der Waals surface area (Å²) in [5, 5.41) is 5.68. The Kier molecular flexibility index (Phi) is 7.54. The van der Waals surface area contributed by atoms with Crippen LogP contribution in [0.2, 0.25) is 0 Å². The minimum absolute atomic E-state index is 0.102. The molecule has 9 nitrogen and oxygen atoms in total. The number of carbonyl (C=O) groups excluding carboxylic acids is 3. The number of methoxy groups -OCH3 is 1. The van der Waals surface area contributed by atoms with Crippen LogP contribution in [-0.4, -0.2) is 62.2 Å². The highest BCUT2D eigenvalue weighted by atomic mass is 16.7. The van der Waals surface area contributed by atoms with Gasteiger partial charge in [0.2, 0.25) is 12.7 Å². The monoisotopic (exact) mass is 479 g/mol. The number of nitrogens with zero attached hydrogens (tertiary/aromatic N) is 1. The Morgan fingerprint density at radius 3 is 2.63 bits per heavy atom. The number of hydrogen-bond acceptors (Lipinski definition) is 6. The second-order valence-corrected chi connectivity index (χ2v) is 8.41. The Balaban J connectivity index is 1.42. The van der Waals surface area contributed by atoms with Crippen molar-refractivity contribution in [1.29, 1.82) is 0 Å². The first-order valence-corrected chi connectivity index (χ1v) is 11.5. The van der Waals surface area contributed by atoms with Crippen molar-refractivity contribution in [2.75, 3.05) is 33.5 Å². The van der Waals surface area contributed by atoms with Gasteiger partial charge in [-0.15, -0.1) is 6.58 Å². The molecule has 1 unspecified atom stereocenters. The minimum atomic E-state index is -0.739. The molecule has 2 aromatic rings. The molecule has 3 amide bonds. The molecule has 0 aromatic heterocycles. The standard InChI is InChI=1S/C26H29N3O6/c1-3-11-27-25(31)23(28-24(30)18-5-4-6-20(14-18)33-2)17-9-12-29(13-10-17)26(32)19-7-8-21-22(15-19)35-16-34-21/h3-8,14-15,17,23H,1,9-13,16H2,2H3,(H,27,31)(H,28,30). The third kappa shape index (κ3) is 5.56. The van der Waals surface area contributed by atoms with Crippen molar-refractivity contribution in [2.24, 2.45) is 5.92 Å². The van der Waals surface area contributed by atoms with E-state index in [4.69, 9.17) is 14.2 Å². The number of nitrogens with one attached hydrogen (secondary N) is 2. The Morgan fingerprint density at radius 2 is 1.89 bits per heavy atom. The molecule has 9 heteroatoms. The maximum absolute atomic E-state index is 13.0. The van der Waals surface area contributed by atoms with Gasteiger partial charge in [-0.1, -0.05) is 12.1 Å². The largest absolute Gasteiger partial charge is 0.497 e. The third-order valence-corrected chi connectivity index (χ3v) is 6.24. The number of amides is 3. The molecule has 0 radical (unpaired) electrons. The summed E-state index contributed by atoms with van der Waals surface area (Å²) in [5.41, 5.74) is 0.931. The maximum Gasteiger partial charge on any atom is 0.253 e. The fourth-order valence-electron chi connectivity index (χ4n) is 4.32. The van der Waals surface area contributed by atoms with E-state index in [0.29, 0.717) is 60.9 Å². The quantitative estimate of drug-likeness (QED) is 0.563. The number of fused-ring (bicyclic) bond motifs is 1. The van der Waals surface area contributed by atoms with E-state index in [1.165, 1.54) is 7.11 Å². The van der Waals surface area contributed by atoms with Crippen LogP contribution >= 0.6 is 0 Å². The van der Waals surface area contributed by atoms with Crippen LogP contribution in [0.15, 0.2) is 55.1 Å². The zero-order valence-electron chi connectivity index (χ0n) is 19.6. The van der Waals surface area contributed by atoms with Gasteiger partial charge in [0.1, 0.15) is 11.8 Å². The van der Waals surface area contributed by atoms with E-state index in [9.17, 15) is 14.4 Å². The van der Waals surface area contributed by atoms with E-state index in [1.807, 2.05) is 0 Å². The van der Waals surface area contributed by atoms with E-state index in [-0.39, 0.29) is 30.4 Å². The molecule has 2 heterocycles. The zero-order valence-corrected chi connectivity index (χ0v) is 19.6. The summed E-state index contributed by atoms with van der Waals surface area (Å²) in [5.74, 6) is 0.874. The molecular weight excluding hydrogens is 450 g/mol. The highest BCUT2D eigenvalue weighted by Gasteiger charge is 2.34. The van der Waals surface area contributed by atoms with Crippen molar-refractivity contribution in [2.45, 2.75) is 18.9 Å². The van der Waals surface area contributed by atoms with E-state index in [1.54, 1.807) is 53.4 Å². The highest BCUT2D eigenvalue weighted by Crippen LogP contribution is 2.33. The lowest BCUT2D eigenvalue weighted by Gasteiger charge is -2.36. The highest BCUT2D eigenvalue weighted by molar-refractivity contribution is 5.98. The van der Waals surface area contributed by atoms with Gasteiger partial charge >= 0.3 is 0 Å². The molecular formula is C26H29N3O6. The number of carbonyl (C=O) groups is 3. The molecule has 2 aliphatic rings. The second-order valence-electron chi connectivity index (χ2n) is 8.41. The number of rotatable bonds is 8. The van der Waals surface area contributed by atoms with Crippen molar-refractivity contribution in [3.8, 4) is 17.2 Å². The SMILES string of the molecule is C=CCNC(=O)C(NC(=O)c1cccc(OC)c1)C1CCN(C(=O)c2ccc3c(c2)OCO3)CC1. The van der Waals surface area contributed by atoms with Crippen molar-refractivity contribution in [1.82, 2.24) is 15.5 Å². The molecule has 2 N–H and O–H groups in total. The van der Waals surface area contributed by atoms with Gasteiger partial charge in [-0.3, -0.25) is 14.4 Å². The van der Waals surface area contributed by atoms with E-state index < -0.39 is 6.04 Å². The summed E-state index contributed by atoms with van der Waals surface area (Å²) in [7, 11) is 1.53. The first kappa shape index (κ1) is 24.1. The third-order valence-electron chi connectivity index (χ3n) is 6.24. The van der Waals surface area contributed by atoms with E-state index in [0.717, 1.165) is 0 Å². The molecule has 2 aromatic carbocycles. The van der Waals surface area contributed by atoms with Gasteiger partial charge in [-0.25, -0.2) is 0 Å². The lowest BCUT2D eigenvalue weighted by atomic mass is 9.88. The zero-order chi connectivity index (χ0) is 24.8. The van der Waals surface area contributed by atoms with Crippen molar-refractivity contribution < 1.29 is 28.6 Å². The van der Waals surface area contributed by atoms with E-state index in [2.05, 4.69) is 17.2 Å². The average Bonchev–Trinajstić information content (AvgIpc) is 3.38. The Labute approximate surface area is 204 Å². The first-order valence-electron chi connectivity index (χ1n) is 11.5. The predicted molar refractivity (Wildman–Crippen MR) is 129 cm³/mol. The predicted octanol–water partition coefficient (Wildman–Crippen LogP) is 2.38. The maximum atomic E-state index is 13.0. The topological polar surface area (TPSA) is 106 Å². The number of piperidine rings is 1. The summed E-state index contributed by atoms with van der Waals surface area (Å²) >= 11 is 0. The van der Waals surface area contributed by atoms with Gasteiger partial charge in [-0.05, 0) is 55.2 Å². The minimum Gasteiger partial charge on any atom is -0.497 e. The molecule has 1 saturated heterocycles. The number of likely N-dealkylation sites (tertiary alicyclic amines) is 1. The summed E-state index contributed by atoms with van der Waals surface area (Å²) < 4.78 is 15.9. The fraction of sp³-hybridized carbons (Fsp3) is 0.346. The van der Waals surface area contributed by atoms with E-state index >= 15 is 0 Å². The van der Waals surface area contributed by atoms with Crippen LogP contribution < -0.4 is 24.8 Å². The molecule has 1 atom stereocenters. The van der Waals surface area contributed by atoms with Crippen LogP contribution in [0, 0.1) is 5.92 Å². The molecule has 0 aliphatic carbocycles. The van der Waals surface area contributed by atoms with Gasteiger partial charge in [0, 0.05) is 30.8 Å². The van der Waals surface area contributed by atoms with Crippen molar-refractivity contribution in [3.63, 3.8) is 0 Å². The summed E-state index contributed by atoms with van der Waals surface area (Å²) in [6, 6.07) is 11.2. The number of ether oxygens (including phenoxy) is 3. The van der Waals surface area contributed by atoms with Gasteiger partial charge < -0.3 is 29.7 Å². The Morgan fingerprint density at radius 1 is 1.11 bits per heavy atom. The number of benzene rings is 2. The first-order chi connectivity index (χ1) is 17.0. The van der Waals surface area contributed by atoms with Crippen LogP contribution in [0.5, 0.6) is 17.2 Å². The summed E-state index contributed by atoms with van der Waals surface area (Å²) in [6.07, 6.45) is 2.73. The van der Waals surface area contributed by atoms with Crippen LogP contribution in [0.4, 0.5) is 0 Å².